The zero-order valence-corrected chi connectivity index (χ0v) is 16.7. The molecule has 1 aliphatic rings. The van der Waals surface area contributed by atoms with E-state index in [1.807, 2.05) is 13.0 Å². The lowest BCUT2D eigenvalue weighted by atomic mass is 9.91. The van der Waals surface area contributed by atoms with Crippen molar-refractivity contribution in [2.45, 2.75) is 25.3 Å². The van der Waals surface area contributed by atoms with Crippen molar-refractivity contribution < 1.29 is 9.13 Å². The molecule has 1 N–H and O–H groups in total. The van der Waals surface area contributed by atoms with Gasteiger partial charge in [-0.25, -0.2) is 23.7 Å². The van der Waals surface area contributed by atoms with Gasteiger partial charge in [-0.05, 0) is 31.4 Å². The number of fused-ring (bicyclic) bond motifs is 2. The van der Waals surface area contributed by atoms with E-state index >= 15 is 0 Å². The first-order chi connectivity index (χ1) is 14.5. The number of hydrogen-bond acceptors (Lipinski definition) is 7. The van der Waals surface area contributed by atoms with Crippen molar-refractivity contribution in [1.29, 1.82) is 0 Å². The first-order valence-corrected chi connectivity index (χ1v) is 9.68. The minimum atomic E-state index is -0.962. The number of nitrogens with zero attached hydrogens (tertiary/aromatic N) is 7. The second-order valence-corrected chi connectivity index (χ2v) is 7.61. The fourth-order valence-corrected chi connectivity index (χ4v) is 3.98. The summed E-state index contributed by atoms with van der Waals surface area (Å²) in [6.45, 7) is 2.08. The number of anilines is 2. The maximum atomic E-state index is 14.3. The lowest BCUT2D eigenvalue weighted by Gasteiger charge is -2.35. The van der Waals surface area contributed by atoms with Crippen LogP contribution in [0.2, 0.25) is 0 Å². The molecule has 4 aromatic rings. The number of ether oxygens (including phenoxy) is 1. The number of imidazole rings is 1. The molecule has 0 atom stereocenters. The Bertz CT molecular complexity index is 1300. The molecule has 1 saturated heterocycles. The van der Waals surface area contributed by atoms with Crippen LogP contribution in [0, 0.1) is 6.92 Å². The number of alkyl halides is 1. The fraction of sp³-hybridized carbons (Fsp3) is 0.421. The van der Waals surface area contributed by atoms with Crippen LogP contribution in [0.5, 0.6) is 0 Å². The van der Waals surface area contributed by atoms with Crippen LogP contribution in [0.15, 0.2) is 29.6 Å². The Kier molecular flexibility index (Phi) is 4.28. The highest BCUT2D eigenvalue weighted by Gasteiger charge is 2.38. The van der Waals surface area contributed by atoms with Crippen LogP contribution in [-0.4, -0.2) is 53.6 Å². The van der Waals surface area contributed by atoms with Gasteiger partial charge in [0.1, 0.15) is 18.5 Å². The quantitative estimate of drug-likeness (QED) is 0.544. The molecule has 0 saturated carbocycles. The lowest BCUT2D eigenvalue weighted by molar-refractivity contribution is 0.00869. The predicted molar refractivity (Wildman–Crippen MR) is 108 cm³/mol. The molecule has 11 heteroatoms. The van der Waals surface area contributed by atoms with Gasteiger partial charge in [-0.3, -0.25) is 9.13 Å². The molecule has 4 aromatic heterocycles. The number of nitrogens with one attached hydrogen (secondary N) is 1. The van der Waals surface area contributed by atoms with Crippen LogP contribution in [0.25, 0.3) is 16.8 Å². The molecule has 1 fully saturated rings. The van der Waals surface area contributed by atoms with Gasteiger partial charge in [0.15, 0.2) is 11.3 Å². The van der Waals surface area contributed by atoms with Gasteiger partial charge in [-0.15, -0.1) is 0 Å². The second kappa shape index (κ2) is 6.87. The number of aromatic nitrogens is 7. The molecule has 0 bridgehead atoms. The molecule has 0 spiro atoms. The highest BCUT2D eigenvalue weighted by molar-refractivity contribution is 5.73. The summed E-state index contributed by atoms with van der Waals surface area (Å²) in [7, 11) is 1.64. The van der Waals surface area contributed by atoms with E-state index in [9.17, 15) is 9.18 Å². The first-order valence-electron chi connectivity index (χ1n) is 9.68. The molecule has 0 aromatic carbocycles. The van der Waals surface area contributed by atoms with E-state index in [-0.39, 0.29) is 5.69 Å². The third-order valence-corrected chi connectivity index (χ3v) is 5.82. The zero-order valence-electron chi connectivity index (χ0n) is 16.7. The topological polar surface area (TPSA) is 104 Å². The number of halogens is 1. The molecule has 156 valence electrons. The van der Waals surface area contributed by atoms with Gasteiger partial charge in [0.25, 0.3) is 0 Å². The van der Waals surface area contributed by atoms with Gasteiger partial charge >= 0.3 is 5.69 Å². The van der Waals surface area contributed by atoms with E-state index in [1.165, 1.54) is 15.5 Å². The van der Waals surface area contributed by atoms with Crippen LogP contribution in [0.3, 0.4) is 0 Å². The lowest BCUT2D eigenvalue weighted by Crippen LogP contribution is -2.47. The summed E-state index contributed by atoms with van der Waals surface area (Å²) in [5, 5.41) is 7.33. The standard InChI is InChI=1S/C19H21FN8O2/c1-12-7-15-22-11-23-27(15)9-13(12)24-17-21-8-14-16(25-17)28(18(29)26(14)2)19(10-20)3-5-30-6-4-19/h7-9,11H,3-6,10H2,1-2H3,(H,21,24,25). The monoisotopic (exact) mass is 412 g/mol. The number of pyridine rings is 1. The molecule has 10 nitrogen and oxygen atoms in total. The van der Waals surface area contributed by atoms with Crippen LogP contribution in [-0.2, 0) is 17.3 Å². The van der Waals surface area contributed by atoms with Crippen LogP contribution >= 0.6 is 0 Å². The highest BCUT2D eigenvalue weighted by atomic mass is 19.1. The van der Waals surface area contributed by atoms with Crippen molar-refractivity contribution in [2.24, 2.45) is 7.05 Å². The second-order valence-electron chi connectivity index (χ2n) is 7.61. The average molecular weight is 412 g/mol. The van der Waals surface area contributed by atoms with Crippen LogP contribution in [0.1, 0.15) is 18.4 Å². The summed E-state index contributed by atoms with van der Waals surface area (Å²) >= 11 is 0. The Hall–Kier alpha value is -3.34. The van der Waals surface area contributed by atoms with Gasteiger partial charge in [-0.2, -0.15) is 10.1 Å². The summed E-state index contributed by atoms with van der Waals surface area (Å²) in [6, 6.07) is 1.90. The van der Waals surface area contributed by atoms with Crippen molar-refractivity contribution in [3.05, 3.63) is 40.8 Å². The Morgan fingerprint density at radius 1 is 1.30 bits per heavy atom. The maximum absolute atomic E-state index is 14.3. The molecule has 1 aliphatic heterocycles. The molecule has 0 radical (unpaired) electrons. The van der Waals surface area contributed by atoms with Gasteiger partial charge < -0.3 is 10.1 Å². The molecular weight excluding hydrogens is 391 g/mol. The average Bonchev–Trinajstić information content (AvgIpc) is 3.31. The summed E-state index contributed by atoms with van der Waals surface area (Å²) in [5.41, 5.74) is 2.10. The Balaban J connectivity index is 1.63. The Morgan fingerprint density at radius 2 is 2.10 bits per heavy atom. The zero-order chi connectivity index (χ0) is 20.9. The fourth-order valence-electron chi connectivity index (χ4n) is 3.98. The molecular formula is C19H21FN8O2. The van der Waals surface area contributed by atoms with E-state index < -0.39 is 12.2 Å². The molecule has 5 heterocycles. The van der Waals surface area contributed by atoms with Crippen LogP contribution in [0.4, 0.5) is 16.0 Å². The van der Waals surface area contributed by atoms with Crippen molar-refractivity contribution >= 4 is 28.4 Å². The Morgan fingerprint density at radius 3 is 2.87 bits per heavy atom. The summed E-state index contributed by atoms with van der Waals surface area (Å²) < 4.78 is 24.2. The predicted octanol–water partition coefficient (Wildman–Crippen LogP) is 1.70. The number of rotatable bonds is 4. The molecule has 5 rings (SSSR count). The molecule has 0 amide bonds. The molecule has 0 unspecified atom stereocenters. The number of aryl methyl sites for hydroxylation is 2. The summed E-state index contributed by atoms with van der Waals surface area (Å²) in [6.07, 6.45) is 5.69. The normalized spacial score (nSPS) is 16.4. The van der Waals surface area contributed by atoms with Gasteiger partial charge in [-0.1, -0.05) is 0 Å². The minimum Gasteiger partial charge on any atom is -0.381 e. The third-order valence-electron chi connectivity index (χ3n) is 5.82. The van der Waals surface area contributed by atoms with Crippen molar-refractivity contribution in [2.75, 3.05) is 25.2 Å². The Labute approximate surface area is 170 Å². The largest absolute Gasteiger partial charge is 0.381 e. The third kappa shape index (κ3) is 2.76. The van der Waals surface area contributed by atoms with E-state index in [0.717, 1.165) is 16.9 Å². The van der Waals surface area contributed by atoms with E-state index in [0.29, 0.717) is 43.2 Å². The van der Waals surface area contributed by atoms with E-state index in [4.69, 9.17) is 4.74 Å². The van der Waals surface area contributed by atoms with Crippen molar-refractivity contribution in [1.82, 2.24) is 33.7 Å². The smallest absolute Gasteiger partial charge is 0.330 e. The first kappa shape index (κ1) is 18.7. The summed E-state index contributed by atoms with van der Waals surface area (Å²) in [5.74, 6) is 0.311. The SMILES string of the molecule is Cc1cc2ncnn2cc1Nc1ncc2c(n1)n(C1(CF)CCOCC1)c(=O)n2C. The van der Waals surface area contributed by atoms with Gasteiger partial charge in [0, 0.05) is 20.3 Å². The van der Waals surface area contributed by atoms with Crippen LogP contribution < -0.4 is 11.0 Å². The van der Waals surface area contributed by atoms with E-state index in [2.05, 4.69) is 25.4 Å². The van der Waals surface area contributed by atoms with Crippen molar-refractivity contribution in [3.63, 3.8) is 0 Å². The maximum Gasteiger partial charge on any atom is 0.330 e. The summed E-state index contributed by atoms with van der Waals surface area (Å²) in [4.78, 5) is 26.1. The molecule has 0 aliphatic carbocycles. The van der Waals surface area contributed by atoms with E-state index in [1.54, 1.807) is 24.0 Å². The van der Waals surface area contributed by atoms with Gasteiger partial charge in [0.05, 0.1) is 23.6 Å². The van der Waals surface area contributed by atoms with Gasteiger partial charge in [0.2, 0.25) is 5.95 Å². The molecule has 30 heavy (non-hydrogen) atoms. The highest BCUT2D eigenvalue weighted by Crippen LogP contribution is 2.31. The van der Waals surface area contributed by atoms with Crippen molar-refractivity contribution in [3.8, 4) is 0 Å². The minimum absolute atomic E-state index is 0.309. The number of hydrogen-bond donors (Lipinski definition) is 1.